The molecule has 0 radical (unpaired) electrons. The van der Waals surface area contributed by atoms with Crippen LogP contribution in [0.15, 0.2) is 36.7 Å². The number of aromatic nitrogens is 2. The smallest absolute Gasteiger partial charge is 0.227 e. The molecule has 0 aliphatic carbocycles. The molecule has 5 nitrogen and oxygen atoms in total. The van der Waals surface area contributed by atoms with Crippen LogP contribution in [0.1, 0.15) is 17.4 Å². The monoisotopic (exact) mass is 302 g/mol. The van der Waals surface area contributed by atoms with Gasteiger partial charge < -0.3 is 14.8 Å². The quantitative estimate of drug-likeness (QED) is 0.929. The second-order valence-electron chi connectivity index (χ2n) is 5.47. The van der Waals surface area contributed by atoms with Gasteiger partial charge in [0.25, 0.3) is 0 Å². The molecule has 1 fully saturated rings. The van der Waals surface area contributed by atoms with Gasteiger partial charge in [-0.1, -0.05) is 18.2 Å². The summed E-state index contributed by atoms with van der Waals surface area (Å²) in [6.07, 6.45) is 3.67. The van der Waals surface area contributed by atoms with Gasteiger partial charge in [-0.05, 0) is 11.6 Å². The van der Waals surface area contributed by atoms with Crippen LogP contribution in [0.2, 0.25) is 0 Å². The standard InChI is InChI=1S/C16H19FN4O/c1-20-8-7-19-16(20)14-11-18-6-9-21(14)15(22)10-12-4-2-3-5-13(12)17/h2-5,7-8,14,18H,6,9-11H2,1H3. The van der Waals surface area contributed by atoms with Crippen LogP contribution in [-0.4, -0.2) is 40.0 Å². The van der Waals surface area contributed by atoms with Crippen molar-refractivity contribution in [3.63, 3.8) is 0 Å². The summed E-state index contributed by atoms with van der Waals surface area (Å²) >= 11 is 0. The van der Waals surface area contributed by atoms with E-state index in [9.17, 15) is 9.18 Å². The van der Waals surface area contributed by atoms with E-state index < -0.39 is 0 Å². The van der Waals surface area contributed by atoms with Crippen molar-refractivity contribution < 1.29 is 9.18 Å². The molecule has 1 atom stereocenters. The molecule has 1 aromatic carbocycles. The molecule has 1 unspecified atom stereocenters. The number of nitrogens with zero attached hydrogens (tertiary/aromatic N) is 3. The predicted octanol–water partition coefficient (Wildman–Crippen LogP) is 1.27. The second kappa shape index (κ2) is 6.27. The Bertz CT molecular complexity index is 670. The maximum atomic E-state index is 13.8. The topological polar surface area (TPSA) is 50.2 Å². The van der Waals surface area contributed by atoms with E-state index in [1.807, 2.05) is 17.8 Å². The summed E-state index contributed by atoms with van der Waals surface area (Å²) in [6.45, 7) is 2.00. The second-order valence-corrected chi connectivity index (χ2v) is 5.47. The molecule has 0 bridgehead atoms. The third-order valence-electron chi connectivity index (χ3n) is 4.02. The van der Waals surface area contributed by atoms with Crippen LogP contribution in [0.4, 0.5) is 4.39 Å². The highest BCUT2D eigenvalue weighted by atomic mass is 19.1. The van der Waals surface area contributed by atoms with Gasteiger partial charge in [0.2, 0.25) is 5.91 Å². The summed E-state index contributed by atoms with van der Waals surface area (Å²) in [6, 6.07) is 6.31. The number of carbonyl (C=O) groups is 1. The van der Waals surface area contributed by atoms with Gasteiger partial charge in [-0.15, -0.1) is 0 Å². The third kappa shape index (κ3) is 2.87. The number of amides is 1. The molecule has 22 heavy (non-hydrogen) atoms. The predicted molar refractivity (Wildman–Crippen MR) is 80.6 cm³/mol. The maximum absolute atomic E-state index is 13.8. The Morgan fingerprint density at radius 1 is 1.45 bits per heavy atom. The number of halogens is 1. The van der Waals surface area contributed by atoms with Gasteiger partial charge in [-0.2, -0.15) is 0 Å². The first kappa shape index (κ1) is 14.7. The molecule has 0 saturated carbocycles. The van der Waals surface area contributed by atoms with Gasteiger partial charge >= 0.3 is 0 Å². The zero-order valence-electron chi connectivity index (χ0n) is 12.5. The van der Waals surface area contributed by atoms with E-state index in [4.69, 9.17) is 0 Å². The highest BCUT2D eigenvalue weighted by molar-refractivity contribution is 5.79. The zero-order valence-corrected chi connectivity index (χ0v) is 12.5. The maximum Gasteiger partial charge on any atom is 0.227 e. The highest BCUT2D eigenvalue weighted by Crippen LogP contribution is 2.22. The van der Waals surface area contributed by atoms with Crippen molar-refractivity contribution >= 4 is 5.91 Å². The number of piperazine rings is 1. The van der Waals surface area contributed by atoms with E-state index >= 15 is 0 Å². The molecule has 0 spiro atoms. The fourth-order valence-corrected chi connectivity index (χ4v) is 2.84. The molecule has 1 N–H and O–H groups in total. The third-order valence-corrected chi connectivity index (χ3v) is 4.02. The molecule has 116 valence electrons. The molecule has 1 amide bonds. The highest BCUT2D eigenvalue weighted by Gasteiger charge is 2.30. The molecular weight excluding hydrogens is 283 g/mol. The van der Waals surface area contributed by atoms with Crippen LogP contribution in [0.5, 0.6) is 0 Å². The van der Waals surface area contributed by atoms with Crippen molar-refractivity contribution in [3.05, 3.63) is 53.9 Å². The summed E-state index contributed by atoms with van der Waals surface area (Å²) in [5, 5.41) is 3.29. The van der Waals surface area contributed by atoms with Crippen molar-refractivity contribution in [2.75, 3.05) is 19.6 Å². The summed E-state index contributed by atoms with van der Waals surface area (Å²) in [7, 11) is 1.91. The number of imidazole rings is 1. The van der Waals surface area contributed by atoms with E-state index in [2.05, 4.69) is 10.3 Å². The van der Waals surface area contributed by atoms with Crippen LogP contribution < -0.4 is 5.32 Å². The average molecular weight is 302 g/mol. The Kier molecular flexibility index (Phi) is 4.20. The van der Waals surface area contributed by atoms with Crippen molar-refractivity contribution in [2.45, 2.75) is 12.5 Å². The first-order chi connectivity index (χ1) is 10.7. The van der Waals surface area contributed by atoms with Crippen molar-refractivity contribution in [1.29, 1.82) is 0 Å². The van der Waals surface area contributed by atoms with E-state index in [1.54, 1.807) is 29.3 Å². The molecule has 2 heterocycles. The molecule has 2 aromatic rings. The van der Waals surface area contributed by atoms with Crippen LogP contribution in [-0.2, 0) is 18.3 Å². The number of carbonyl (C=O) groups excluding carboxylic acids is 1. The van der Waals surface area contributed by atoms with Gasteiger partial charge in [-0.25, -0.2) is 9.37 Å². The molecule has 1 saturated heterocycles. The summed E-state index contributed by atoms with van der Waals surface area (Å²) in [5.41, 5.74) is 0.435. The first-order valence-electron chi connectivity index (χ1n) is 7.37. The molecule has 6 heteroatoms. The molecule has 3 rings (SSSR count). The van der Waals surface area contributed by atoms with E-state index in [0.29, 0.717) is 18.7 Å². The summed E-state index contributed by atoms with van der Waals surface area (Å²) in [5.74, 6) is 0.438. The Morgan fingerprint density at radius 2 is 2.27 bits per heavy atom. The van der Waals surface area contributed by atoms with E-state index in [1.165, 1.54) is 6.07 Å². The Labute approximate surface area is 128 Å². The van der Waals surface area contributed by atoms with Crippen LogP contribution in [0.25, 0.3) is 0 Å². The SMILES string of the molecule is Cn1ccnc1C1CNCCN1C(=O)Cc1ccccc1F. The van der Waals surface area contributed by atoms with E-state index in [-0.39, 0.29) is 24.2 Å². The number of benzene rings is 1. The normalized spacial score (nSPS) is 18.5. The lowest BCUT2D eigenvalue weighted by atomic mass is 10.1. The first-order valence-corrected chi connectivity index (χ1v) is 7.37. The lowest BCUT2D eigenvalue weighted by Crippen LogP contribution is -2.50. The minimum atomic E-state index is -0.334. The van der Waals surface area contributed by atoms with Gasteiger partial charge in [0, 0.05) is 39.1 Å². The minimum Gasteiger partial charge on any atom is -0.336 e. The Balaban J connectivity index is 1.80. The molecule has 1 aliphatic rings. The van der Waals surface area contributed by atoms with Gasteiger partial charge in [-0.3, -0.25) is 4.79 Å². The van der Waals surface area contributed by atoms with Crippen LogP contribution >= 0.6 is 0 Å². The number of hydrogen-bond acceptors (Lipinski definition) is 3. The number of aryl methyl sites for hydroxylation is 1. The lowest BCUT2D eigenvalue weighted by Gasteiger charge is -2.35. The Hall–Kier alpha value is -2.21. The van der Waals surface area contributed by atoms with Gasteiger partial charge in [0.1, 0.15) is 17.7 Å². The molecule has 1 aliphatic heterocycles. The number of nitrogens with one attached hydrogen (secondary N) is 1. The summed E-state index contributed by atoms with van der Waals surface area (Å²) in [4.78, 5) is 18.8. The van der Waals surface area contributed by atoms with E-state index in [0.717, 1.165) is 12.4 Å². The number of hydrogen-bond donors (Lipinski definition) is 1. The van der Waals surface area contributed by atoms with Gasteiger partial charge in [0.15, 0.2) is 0 Å². The van der Waals surface area contributed by atoms with Crippen molar-refractivity contribution in [3.8, 4) is 0 Å². The fourth-order valence-electron chi connectivity index (χ4n) is 2.84. The largest absolute Gasteiger partial charge is 0.336 e. The van der Waals surface area contributed by atoms with Gasteiger partial charge in [0.05, 0.1) is 6.42 Å². The zero-order chi connectivity index (χ0) is 15.5. The average Bonchev–Trinajstić information content (AvgIpc) is 2.95. The van der Waals surface area contributed by atoms with Crippen LogP contribution in [0, 0.1) is 5.82 Å². The Morgan fingerprint density at radius 3 is 3.00 bits per heavy atom. The lowest BCUT2D eigenvalue weighted by molar-refractivity contribution is -0.134. The number of rotatable bonds is 3. The van der Waals surface area contributed by atoms with Crippen LogP contribution in [0.3, 0.4) is 0 Å². The molecule has 1 aromatic heterocycles. The van der Waals surface area contributed by atoms with Crippen molar-refractivity contribution in [1.82, 2.24) is 19.8 Å². The molecular formula is C16H19FN4O. The summed E-state index contributed by atoms with van der Waals surface area (Å²) < 4.78 is 15.7. The fraction of sp³-hybridized carbons (Fsp3) is 0.375. The van der Waals surface area contributed by atoms with Crippen molar-refractivity contribution in [2.24, 2.45) is 7.05 Å². The minimum absolute atomic E-state index is 0.0698.